The minimum Gasteiger partial charge on any atom is -0.366 e. The lowest BCUT2D eigenvalue weighted by atomic mass is 9.95. The van der Waals surface area contributed by atoms with E-state index in [9.17, 15) is 0 Å². The number of nitrogens with zero attached hydrogens (tertiary/aromatic N) is 3. The summed E-state index contributed by atoms with van der Waals surface area (Å²) in [4.78, 5) is 0. The summed E-state index contributed by atoms with van der Waals surface area (Å²) in [6.45, 7) is 6.75. The first-order valence-electron chi connectivity index (χ1n) is 7.22. The monoisotopic (exact) mass is 267 g/mol. The van der Waals surface area contributed by atoms with Crippen molar-refractivity contribution in [3.8, 4) is 0 Å². The molecule has 1 aliphatic rings. The molecule has 2 rings (SSSR count). The summed E-state index contributed by atoms with van der Waals surface area (Å²) in [5, 5.41) is 17.7. The fourth-order valence-corrected chi connectivity index (χ4v) is 2.53. The Labute approximate surface area is 114 Å². The van der Waals surface area contributed by atoms with Crippen molar-refractivity contribution < 1.29 is 4.74 Å². The summed E-state index contributed by atoms with van der Waals surface area (Å²) in [6, 6.07) is 0.995. The van der Waals surface area contributed by atoms with Gasteiger partial charge in [0.1, 0.15) is 5.60 Å². The third-order valence-corrected chi connectivity index (χ3v) is 3.70. The standard InChI is InChI=1S/C13H25N5O/c1-10(14-11-7-5-4-6-8-11)9-19-13(2,3)12-15-17-18-16-12/h10-11,14H,4-9H2,1-3H3,(H,15,16,17,18)/t10-/m1/s1. The molecule has 6 heteroatoms. The van der Waals surface area contributed by atoms with E-state index in [4.69, 9.17) is 4.74 Å². The molecule has 1 aromatic rings. The van der Waals surface area contributed by atoms with Gasteiger partial charge in [-0.25, -0.2) is 0 Å². The average Bonchev–Trinajstić information content (AvgIpc) is 2.92. The molecule has 0 aromatic carbocycles. The molecular weight excluding hydrogens is 242 g/mol. The van der Waals surface area contributed by atoms with Crippen molar-refractivity contribution in [2.24, 2.45) is 0 Å². The molecule has 0 spiro atoms. The second-order valence-corrected chi connectivity index (χ2v) is 5.96. The number of hydrogen-bond donors (Lipinski definition) is 2. The highest BCUT2D eigenvalue weighted by Crippen LogP contribution is 2.21. The maximum atomic E-state index is 5.93. The lowest BCUT2D eigenvalue weighted by molar-refractivity contribution is -0.0379. The molecule has 1 aromatic heterocycles. The highest BCUT2D eigenvalue weighted by Gasteiger charge is 2.27. The summed E-state index contributed by atoms with van der Waals surface area (Å²) in [6.07, 6.45) is 6.66. The Kier molecular flexibility index (Phi) is 4.87. The average molecular weight is 267 g/mol. The van der Waals surface area contributed by atoms with Crippen LogP contribution in [0.4, 0.5) is 0 Å². The van der Waals surface area contributed by atoms with Crippen LogP contribution in [-0.2, 0) is 10.3 Å². The summed E-state index contributed by atoms with van der Waals surface area (Å²) in [5.41, 5.74) is -0.504. The number of rotatable bonds is 6. The van der Waals surface area contributed by atoms with Crippen molar-refractivity contribution in [3.63, 3.8) is 0 Å². The summed E-state index contributed by atoms with van der Waals surface area (Å²) >= 11 is 0. The fraction of sp³-hybridized carbons (Fsp3) is 0.923. The predicted octanol–water partition coefficient (Wildman–Crippen LogP) is 1.76. The first-order valence-corrected chi connectivity index (χ1v) is 7.22. The molecule has 0 radical (unpaired) electrons. The van der Waals surface area contributed by atoms with Crippen LogP contribution in [0.15, 0.2) is 0 Å². The van der Waals surface area contributed by atoms with E-state index in [1.807, 2.05) is 13.8 Å². The Morgan fingerprint density at radius 3 is 2.74 bits per heavy atom. The van der Waals surface area contributed by atoms with E-state index in [-0.39, 0.29) is 0 Å². The van der Waals surface area contributed by atoms with Gasteiger partial charge in [0.15, 0.2) is 0 Å². The summed E-state index contributed by atoms with van der Waals surface area (Å²) < 4.78 is 5.93. The molecule has 2 N–H and O–H groups in total. The number of aromatic nitrogens is 4. The number of hydrogen-bond acceptors (Lipinski definition) is 5. The van der Waals surface area contributed by atoms with E-state index in [2.05, 4.69) is 32.9 Å². The zero-order valence-electron chi connectivity index (χ0n) is 12.1. The van der Waals surface area contributed by atoms with E-state index < -0.39 is 5.60 Å². The van der Waals surface area contributed by atoms with Gasteiger partial charge in [0.05, 0.1) is 6.61 Å². The number of tetrazole rings is 1. The molecule has 0 bridgehead atoms. The van der Waals surface area contributed by atoms with Crippen LogP contribution in [0.1, 0.15) is 58.7 Å². The molecule has 1 atom stereocenters. The first kappa shape index (κ1) is 14.4. The van der Waals surface area contributed by atoms with Crippen LogP contribution in [0.5, 0.6) is 0 Å². The van der Waals surface area contributed by atoms with E-state index in [0.717, 1.165) is 0 Å². The maximum absolute atomic E-state index is 5.93. The van der Waals surface area contributed by atoms with E-state index in [1.54, 1.807) is 0 Å². The van der Waals surface area contributed by atoms with Gasteiger partial charge in [-0.1, -0.05) is 24.5 Å². The zero-order chi connectivity index (χ0) is 13.7. The van der Waals surface area contributed by atoms with Crippen LogP contribution in [0, 0.1) is 0 Å². The number of ether oxygens (including phenoxy) is 1. The third kappa shape index (κ3) is 4.24. The summed E-state index contributed by atoms with van der Waals surface area (Å²) in [7, 11) is 0. The minimum atomic E-state index is -0.504. The second-order valence-electron chi connectivity index (χ2n) is 5.96. The largest absolute Gasteiger partial charge is 0.366 e. The van der Waals surface area contributed by atoms with Gasteiger partial charge in [-0.2, -0.15) is 5.21 Å². The van der Waals surface area contributed by atoms with Gasteiger partial charge in [-0.15, -0.1) is 10.2 Å². The molecule has 0 aliphatic heterocycles. The van der Waals surface area contributed by atoms with Crippen LogP contribution in [0.3, 0.4) is 0 Å². The van der Waals surface area contributed by atoms with Crippen molar-refractivity contribution in [1.29, 1.82) is 0 Å². The molecule has 1 heterocycles. The van der Waals surface area contributed by atoms with Gasteiger partial charge >= 0.3 is 0 Å². The van der Waals surface area contributed by atoms with Crippen LogP contribution in [-0.4, -0.2) is 39.3 Å². The number of aromatic amines is 1. The zero-order valence-corrected chi connectivity index (χ0v) is 12.1. The van der Waals surface area contributed by atoms with E-state index >= 15 is 0 Å². The van der Waals surface area contributed by atoms with Gasteiger partial charge in [0.25, 0.3) is 0 Å². The molecule has 1 aliphatic carbocycles. The lowest BCUT2D eigenvalue weighted by Gasteiger charge is -2.29. The summed E-state index contributed by atoms with van der Waals surface area (Å²) in [5.74, 6) is 0.595. The predicted molar refractivity (Wildman–Crippen MR) is 72.6 cm³/mol. The number of H-pyrrole nitrogens is 1. The van der Waals surface area contributed by atoms with Crippen molar-refractivity contribution >= 4 is 0 Å². The Hall–Kier alpha value is -1.01. The molecule has 0 saturated heterocycles. The molecule has 0 unspecified atom stereocenters. The van der Waals surface area contributed by atoms with Crippen LogP contribution >= 0.6 is 0 Å². The highest BCUT2D eigenvalue weighted by atomic mass is 16.5. The van der Waals surface area contributed by atoms with E-state index in [0.29, 0.717) is 24.5 Å². The Morgan fingerprint density at radius 1 is 1.37 bits per heavy atom. The van der Waals surface area contributed by atoms with Crippen molar-refractivity contribution in [3.05, 3.63) is 5.82 Å². The van der Waals surface area contributed by atoms with Gasteiger partial charge in [0.2, 0.25) is 5.82 Å². The Bertz CT molecular complexity index is 359. The Morgan fingerprint density at radius 2 is 2.11 bits per heavy atom. The molecular formula is C13H25N5O. The highest BCUT2D eigenvalue weighted by molar-refractivity contribution is 4.92. The topological polar surface area (TPSA) is 75.7 Å². The molecule has 1 saturated carbocycles. The fourth-order valence-electron chi connectivity index (χ4n) is 2.53. The van der Waals surface area contributed by atoms with Gasteiger partial charge in [-0.05, 0) is 33.6 Å². The normalized spacial score (nSPS) is 19.5. The molecule has 108 valence electrons. The smallest absolute Gasteiger partial charge is 0.205 e. The maximum Gasteiger partial charge on any atom is 0.205 e. The quantitative estimate of drug-likeness (QED) is 0.821. The van der Waals surface area contributed by atoms with Crippen LogP contribution in [0.25, 0.3) is 0 Å². The first-order chi connectivity index (χ1) is 9.08. The van der Waals surface area contributed by atoms with E-state index in [1.165, 1.54) is 32.1 Å². The molecule has 0 amide bonds. The van der Waals surface area contributed by atoms with Crippen molar-refractivity contribution in [2.45, 2.75) is 70.6 Å². The second kappa shape index (κ2) is 6.43. The molecule has 6 nitrogen and oxygen atoms in total. The Balaban J connectivity index is 1.75. The molecule has 1 fully saturated rings. The minimum absolute atomic E-state index is 0.342. The van der Waals surface area contributed by atoms with Gasteiger partial charge < -0.3 is 10.1 Å². The van der Waals surface area contributed by atoms with Crippen LogP contribution in [0.2, 0.25) is 0 Å². The van der Waals surface area contributed by atoms with Gasteiger partial charge in [-0.3, -0.25) is 0 Å². The molecule has 19 heavy (non-hydrogen) atoms. The lowest BCUT2D eigenvalue weighted by Crippen LogP contribution is -2.41. The van der Waals surface area contributed by atoms with Crippen molar-refractivity contribution in [1.82, 2.24) is 25.9 Å². The van der Waals surface area contributed by atoms with Crippen LogP contribution < -0.4 is 5.32 Å². The SMILES string of the molecule is C[C@H](COC(C)(C)c1nn[nH]n1)NC1CCCCC1. The number of nitrogens with one attached hydrogen (secondary N) is 2. The van der Waals surface area contributed by atoms with Crippen molar-refractivity contribution in [2.75, 3.05) is 6.61 Å². The van der Waals surface area contributed by atoms with Gasteiger partial charge in [0, 0.05) is 12.1 Å². The third-order valence-electron chi connectivity index (χ3n) is 3.70.